The Labute approximate surface area is 164 Å². The van der Waals surface area contributed by atoms with Crippen LogP contribution in [0.1, 0.15) is 48.9 Å². The maximum Gasteiger partial charge on any atom is 0.264 e. The Hall–Kier alpha value is -2.44. The molecule has 1 aromatic heterocycles. The second-order valence-electron chi connectivity index (χ2n) is 7.97. The molecule has 1 saturated heterocycles. The number of nitrogens with one attached hydrogen (secondary N) is 1. The molecule has 6 nitrogen and oxygen atoms in total. The second-order valence-corrected chi connectivity index (χ2v) is 7.97. The normalized spacial score (nSPS) is 22.0. The van der Waals surface area contributed by atoms with Gasteiger partial charge in [0.2, 0.25) is 5.79 Å². The van der Waals surface area contributed by atoms with Crippen LogP contribution in [-0.4, -0.2) is 40.0 Å². The van der Waals surface area contributed by atoms with Gasteiger partial charge in [0.15, 0.2) is 0 Å². The van der Waals surface area contributed by atoms with Crippen LogP contribution in [0.25, 0.3) is 12.2 Å². The number of piperidine rings is 1. The number of aromatic nitrogens is 2. The third-order valence-electron chi connectivity index (χ3n) is 6.17. The molecule has 3 heterocycles. The summed E-state index contributed by atoms with van der Waals surface area (Å²) in [5.74, 6) is 0.479. The molecule has 3 aliphatic rings. The fraction of sp³-hybridized carbons (Fsp3) is 0.455. The zero-order chi connectivity index (χ0) is 19.0. The summed E-state index contributed by atoms with van der Waals surface area (Å²) in [6, 6.07) is 10.1. The molecule has 0 atom stereocenters. The van der Waals surface area contributed by atoms with Crippen molar-refractivity contribution in [2.45, 2.75) is 50.5 Å². The van der Waals surface area contributed by atoms with E-state index in [1.54, 1.807) is 6.07 Å². The fourth-order valence-corrected chi connectivity index (χ4v) is 4.21. The van der Waals surface area contributed by atoms with Gasteiger partial charge in [0.05, 0.1) is 12.3 Å². The summed E-state index contributed by atoms with van der Waals surface area (Å²) in [5.41, 5.74) is 2.63. The lowest BCUT2D eigenvalue weighted by molar-refractivity contribution is -0.231. The van der Waals surface area contributed by atoms with Gasteiger partial charge in [-0.3, -0.25) is 9.69 Å². The predicted octanol–water partition coefficient (Wildman–Crippen LogP) is 3.19. The first-order chi connectivity index (χ1) is 13.7. The number of aromatic amines is 1. The first-order valence-corrected chi connectivity index (χ1v) is 10.1. The number of ether oxygens (including phenoxy) is 2. The topological polar surface area (TPSA) is 67.4 Å². The van der Waals surface area contributed by atoms with Crippen LogP contribution >= 0.6 is 0 Å². The summed E-state index contributed by atoms with van der Waals surface area (Å²) >= 11 is 0. The van der Waals surface area contributed by atoms with Crippen LogP contribution in [0.5, 0.6) is 5.75 Å². The Morgan fingerprint density at radius 1 is 1.14 bits per heavy atom. The molecule has 6 heteroatoms. The molecule has 1 aromatic carbocycles. The maximum absolute atomic E-state index is 11.1. The standard InChI is InChI=1S/C22H25N3O3/c26-21-9-7-18(23-24-21)6-4-16-5-8-20-17(14-16)15-27-22(28-20)10-12-25(13-11-22)19-2-1-3-19/h4-9,14,19H,1-3,10-13,15H2,(H,24,26)/b6-4+. The Kier molecular flexibility index (Phi) is 4.53. The molecule has 2 aromatic rings. The van der Waals surface area contributed by atoms with Crippen molar-refractivity contribution >= 4 is 12.2 Å². The Bertz CT molecular complexity index is 920. The average Bonchev–Trinajstić information content (AvgIpc) is 2.68. The monoisotopic (exact) mass is 379 g/mol. The van der Waals surface area contributed by atoms with Crippen molar-refractivity contribution in [2.24, 2.45) is 0 Å². The van der Waals surface area contributed by atoms with Crippen LogP contribution < -0.4 is 10.3 Å². The smallest absolute Gasteiger partial charge is 0.264 e. The van der Waals surface area contributed by atoms with Gasteiger partial charge in [-0.1, -0.05) is 18.6 Å². The van der Waals surface area contributed by atoms with Gasteiger partial charge < -0.3 is 9.47 Å². The summed E-state index contributed by atoms with van der Waals surface area (Å²) in [6.45, 7) is 2.71. The van der Waals surface area contributed by atoms with Crippen molar-refractivity contribution in [1.82, 2.24) is 15.1 Å². The molecule has 5 rings (SSSR count). The van der Waals surface area contributed by atoms with Gasteiger partial charge >= 0.3 is 0 Å². The number of benzene rings is 1. The lowest BCUT2D eigenvalue weighted by Crippen LogP contribution is -2.54. The minimum Gasteiger partial charge on any atom is -0.462 e. The first kappa shape index (κ1) is 17.6. The molecule has 28 heavy (non-hydrogen) atoms. The largest absolute Gasteiger partial charge is 0.462 e. The van der Waals surface area contributed by atoms with Gasteiger partial charge in [-0.05, 0) is 42.7 Å². The van der Waals surface area contributed by atoms with Crippen molar-refractivity contribution in [3.63, 3.8) is 0 Å². The van der Waals surface area contributed by atoms with E-state index in [0.29, 0.717) is 12.3 Å². The zero-order valence-corrected chi connectivity index (χ0v) is 15.9. The highest BCUT2D eigenvalue weighted by molar-refractivity contribution is 5.68. The van der Waals surface area contributed by atoms with E-state index in [2.05, 4.69) is 21.2 Å². The molecule has 1 N–H and O–H groups in total. The van der Waals surface area contributed by atoms with Gasteiger partial charge in [0.1, 0.15) is 5.75 Å². The van der Waals surface area contributed by atoms with Gasteiger partial charge in [-0.25, -0.2) is 5.10 Å². The van der Waals surface area contributed by atoms with Crippen molar-refractivity contribution in [3.8, 4) is 5.75 Å². The Morgan fingerprint density at radius 3 is 2.71 bits per heavy atom. The lowest BCUT2D eigenvalue weighted by atomic mass is 9.89. The highest BCUT2D eigenvalue weighted by Crippen LogP contribution is 2.39. The molecule has 0 unspecified atom stereocenters. The van der Waals surface area contributed by atoms with Gasteiger partial charge in [0.25, 0.3) is 5.56 Å². The first-order valence-electron chi connectivity index (χ1n) is 10.1. The van der Waals surface area contributed by atoms with Crippen molar-refractivity contribution < 1.29 is 9.47 Å². The number of hydrogen-bond acceptors (Lipinski definition) is 5. The molecular weight excluding hydrogens is 354 g/mol. The van der Waals surface area contributed by atoms with Crippen LogP contribution in [0.15, 0.2) is 35.1 Å². The van der Waals surface area contributed by atoms with E-state index in [0.717, 1.165) is 48.8 Å². The van der Waals surface area contributed by atoms with Crippen molar-refractivity contribution in [3.05, 3.63) is 57.5 Å². The Morgan fingerprint density at radius 2 is 2.00 bits per heavy atom. The van der Waals surface area contributed by atoms with E-state index in [4.69, 9.17) is 9.47 Å². The van der Waals surface area contributed by atoms with Crippen LogP contribution in [0, 0.1) is 0 Å². The molecule has 2 fully saturated rings. The number of H-pyrrole nitrogens is 1. The highest BCUT2D eigenvalue weighted by atomic mass is 16.7. The number of fused-ring (bicyclic) bond motifs is 1. The highest BCUT2D eigenvalue weighted by Gasteiger charge is 2.42. The summed E-state index contributed by atoms with van der Waals surface area (Å²) < 4.78 is 12.6. The summed E-state index contributed by atoms with van der Waals surface area (Å²) in [4.78, 5) is 13.7. The van der Waals surface area contributed by atoms with Crippen molar-refractivity contribution in [2.75, 3.05) is 13.1 Å². The van der Waals surface area contributed by atoms with E-state index in [-0.39, 0.29) is 5.56 Å². The van der Waals surface area contributed by atoms with E-state index in [1.165, 1.54) is 25.3 Å². The maximum atomic E-state index is 11.1. The summed E-state index contributed by atoms with van der Waals surface area (Å²) in [5, 5.41) is 6.42. The number of rotatable bonds is 3. The minimum atomic E-state index is -0.454. The van der Waals surface area contributed by atoms with E-state index in [1.807, 2.05) is 24.3 Å². The van der Waals surface area contributed by atoms with Gasteiger partial charge in [-0.2, -0.15) is 5.10 Å². The Balaban J connectivity index is 1.26. The fourth-order valence-electron chi connectivity index (χ4n) is 4.21. The molecule has 0 radical (unpaired) electrons. The van der Waals surface area contributed by atoms with Gasteiger partial charge in [0, 0.05) is 43.6 Å². The van der Waals surface area contributed by atoms with Crippen LogP contribution in [-0.2, 0) is 11.3 Å². The quantitative estimate of drug-likeness (QED) is 0.887. The molecule has 2 aliphatic heterocycles. The molecule has 0 amide bonds. The molecule has 1 saturated carbocycles. The van der Waals surface area contributed by atoms with Crippen LogP contribution in [0.3, 0.4) is 0 Å². The summed E-state index contributed by atoms with van der Waals surface area (Å²) in [7, 11) is 0. The number of likely N-dealkylation sites (tertiary alicyclic amines) is 1. The third kappa shape index (κ3) is 3.50. The molecule has 146 valence electrons. The SMILES string of the molecule is O=c1ccc(/C=C/c2ccc3c(c2)COC2(CCN(C4CCC4)CC2)O3)n[nH]1. The second kappa shape index (κ2) is 7.18. The van der Waals surface area contributed by atoms with E-state index >= 15 is 0 Å². The zero-order valence-electron chi connectivity index (χ0n) is 15.9. The summed E-state index contributed by atoms with van der Waals surface area (Å²) in [6.07, 6.45) is 9.79. The molecule has 1 spiro atoms. The third-order valence-corrected chi connectivity index (χ3v) is 6.17. The van der Waals surface area contributed by atoms with Gasteiger partial charge in [-0.15, -0.1) is 0 Å². The minimum absolute atomic E-state index is 0.201. The predicted molar refractivity (Wildman–Crippen MR) is 107 cm³/mol. The molecule has 0 bridgehead atoms. The number of hydrogen-bond donors (Lipinski definition) is 1. The average molecular weight is 379 g/mol. The van der Waals surface area contributed by atoms with Crippen molar-refractivity contribution in [1.29, 1.82) is 0 Å². The van der Waals surface area contributed by atoms with Crippen LogP contribution in [0.4, 0.5) is 0 Å². The van der Waals surface area contributed by atoms with E-state index < -0.39 is 5.79 Å². The molecular formula is C22H25N3O3. The molecule has 1 aliphatic carbocycles. The van der Waals surface area contributed by atoms with Crippen LogP contribution in [0.2, 0.25) is 0 Å². The lowest BCUT2D eigenvalue weighted by Gasteiger charge is -2.47. The van der Waals surface area contributed by atoms with E-state index in [9.17, 15) is 4.79 Å². The number of nitrogens with zero attached hydrogens (tertiary/aromatic N) is 2.